The Morgan fingerprint density at radius 1 is 0.944 bits per heavy atom. The van der Waals surface area contributed by atoms with E-state index in [1.807, 2.05) is 0 Å². The molecule has 1 heteroatoms. The van der Waals surface area contributed by atoms with Gasteiger partial charge in [-0.15, -0.1) is 0 Å². The monoisotopic (exact) mass is 250 g/mol. The fraction of sp³-hybridized carbons (Fsp3) is 0.941. The van der Waals surface area contributed by atoms with Gasteiger partial charge in [-0.05, 0) is 49.9 Å². The predicted molar refractivity (Wildman–Crippen MR) is 76.5 cm³/mol. The fourth-order valence-electron chi connectivity index (χ4n) is 4.23. The lowest BCUT2D eigenvalue weighted by atomic mass is 9.68. The molecule has 0 radical (unpaired) electrons. The highest BCUT2D eigenvalue weighted by Crippen LogP contribution is 2.41. The zero-order chi connectivity index (χ0) is 13.0. The molecule has 0 spiro atoms. The van der Waals surface area contributed by atoms with Crippen LogP contribution in [-0.2, 0) is 4.79 Å². The molecule has 2 saturated carbocycles. The molecule has 2 rings (SSSR count). The van der Waals surface area contributed by atoms with E-state index in [1.165, 1.54) is 51.4 Å². The van der Waals surface area contributed by atoms with Crippen LogP contribution in [0.25, 0.3) is 0 Å². The molecule has 0 aromatic rings. The molecule has 0 bridgehead atoms. The molecular weight excluding hydrogens is 220 g/mol. The summed E-state index contributed by atoms with van der Waals surface area (Å²) in [5, 5.41) is 0. The molecule has 2 aliphatic rings. The summed E-state index contributed by atoms with van der Waals surface area (Å²) in [5.41, 5.74) is 0. The highest BCUT2D eigenvalue weighted by Gasteiger charge is 2.33. The highest BCUT2D eigenvalue weighted by atomic mass is 16.1. The van der Waals surface area contributed by atoms with Crippen molar-refractivity contribution in [3.63, 3.8) is 0 Å². The van der Waals surface area contributed by atoms with E-state index in [2.05, 4.69) is 13.8 Å². The third-order valence-electron chi connectivity index (χ3n) is 5.58. The highest BCUT2D eigenvalue weighted by molar-refractivity contribution is 5.81. The van der Waals surface area contributed by atoms with Gasteiger partial charge in [0.15, 0.2) is 0 Å². The summed E-state index contributed by atoms with van der Waals surface area (Å²) >= 11 is 0. The minimum atomic E-state index is 0.415. The van der Waals surface area contributed by atoms with Crippen molar-refractivity contribution in [3.05, 3.63) is 0 Å². The number of carbonyl (C=O) groups excluding carboxylic acids is 1. The van der Waals surface area contributed by atoms with Crippen LogP contribution in [0, 0.1) is 23.7 Å². The first-order valence-electron chi connectivity index (χ1n) is 8.27. The first-order chi connectivity index (χ1) is 8.74. The summed E-state index contributed by atoms with van der Waals surface area (Å²) in [6, 6.07) is 0. The molecule has 0 heterocycles. The average molecular weight is 250 g/mol. The second-order valence-corrected chi connectivity index (χ2v) is 6.68. The Morgan fingerprint density at radius 3 is 2.17 bits per heavy atom. The number of carbonyl (C=O) groups is 1. The molecule has 1 nitrogen and oxygen atoms in total. The van der Waals surface area contributed by atoms with Gasteiger partial charge in [-0.2, -0.15) is 0 Å². The van der Waals surface area contributed by atoms with Gasteiger partial charge in [-0.1, -0.05) is 39.5 Å². The van der Waals surface area contributed by atoms with E-state index in [1.54, 1.807) is 0 Å². The molecular formula is C17H30O. The third kappa shape index (κ3) is 3.36. The molecule has 0 unspecified atom stereocenters. The van der Waals surface area contributed by atoms with Crippen molar-refractivity contribution < 1.29 is 4.79 Å². The standard InChI is InChI=1S/C17H30O/c1-3-5-15-10-11-16(12-17(15)18)14-8-6-13(4-2)7-9-14/h13-16H,3-12H2,1-2H3/t13?,14?,15-,16-/m1/s1. The molecule has 0 aromatic carbocycles. The van der Waals surface area contributed by atoms with Gasteiger partial charge in [0.1, 0.15) is 5.78 Å². The number of Topliss-reactive ketones (excluding diaryl/α,β-unsaturated/α-hetero) is 1. The smallest absolute Gasteiger partial charge is 0.136 e. The van der Waals surface area contributed by atoms with Crippen LogP contribution in [0.15, 0.2) is 0 Å². The maximum Gasteiger partial charge on any atom is 0.136 e. The lowest BCUT2D eigenvalue weighted by Gasteiger charge is -2.37. The van der Waals surface area contributed by atoms with Crippen LogP contribution < -0.4 is 0 Å². The third-order valence-corrected chi connectivity index (χ3v) is 5.58. The van der Waals surface area contributed by atoms with E-state index in [4.69, 9.17) is 0 Å². The zero-order valence-electron chi connectivity index (χ0n) is 12.3. The Labute approximate surface area is 113 Å². The van der Waals surface area contributed by atoms with Crippen molar-refractivity contribution in [2.24, 2.45) is 23.7 Å². The molecule has 18 heavy (non-hydrogen) atoms. The maximum atomic E-state index is 12.2. The van der Waals surface area contributed by atoms with Crippen molar-refractivity contribution in [3.8, 4) is 0 Å². The lowest BCUT2D eigenvalue weighted by molar-refractivity contribution is -0.127. The van der Waals surface area contributed by atoms with E-state index >= 15 is 0 Å². The van der Waals surface area contributed by atoms with Crippen molar-refractivity contribution in [1.29, 1.82) is 0 Å². The Bertz CT molecular complexity index is 263. The average Bonchev–Trinajstić information content (AvgIpc) is 2.41. The second kappa shape index (κ2) is 6.73. The van der Waals surface area contributed by atoms with Gasteiger partial charge in [0, 0.05) is 12.3 Å². The Kier molecular flexibility index (Phi) is 5.26. The van der Waals surface area contributed by atoms with Crippen LogP contribution in [0.4, 0.5) is 0 Å². The number of hydrogen-bond donors (Lipinski definition) is 0. The Hall–Kier alpha value is -0.330. The number of hydrogen-bond acceptors (Lipinski definition) is 1. The molecule has 2 atom stereocenters. The molecule has 0 amide bonds. The van der Waals surface area contributed by atoms with Gasteiger partial charge >= 0.3 is 0 Å². The fourth-order valence-corrected chi connectivity index (χ4v) is 4.23. The van der Waals surface area contributed by atoms with Crippen LogP contribution in [-0.4, -0.2) is 5.78 Å². The van der Waals surface area contributed by atoms with Crippen LogP contribution in [0.1, 0.15) is 78.1 Å². The lowest BCUT2D eigenvalue weighted by Crippen LogP contribution is -2.31. The number of rotatable bonds is 4. The van der Waals surface area contributed by atoms with Gasteiger partial charge < -0.3 is 0 Å². The summed E-state index contributed by atoms with van der Waals surface area (Å²) in [6.07, 6.45) is 12.7. The minimum Gasteiger partial charge on any atom is -0.299 e. The normalized spacial score (nSPS) is 37.8. The summed E-state index contributed by atoms with van der Waals surface area (Å²) in [5.74, 6) is 3.60. The largest absolute Gasteiger partial charge is 0.299 e. The van der Waals surface area contributed by atoms with Crippen LogP contribution >= 0.6 is 0 Å². The summed E-state index contributed by atoms with van der Waals surface area (Å²) < 4.78 is 0. The second-order valence-electron chi connectivity index (χ2n) is 6.68. The van der Waals surface area contributed by atoms with E-state index in [-0.39, 0.29) is 0 Å². The van der Waals surface area contributed by atoms with Crippen molar-refractivity contribution in [2.45, 2.75) is 78.1 Å². The molecule has 2 fully saturated rings. The van der Waals surface area contributed by atoms with Gasteiger partial charge in [0.2, 0.25) is 0 Å². The Morgan fingerprint density at radius 2 is 1.61 bits per heavy atom. The SMILES string of the molecule is CCC[C@@H]1CC[C@@H](C2CCC(CC)CC2)CC1=O. The van der Waals surface area contributed by atoms with Crippen LogP contribution in [0.2, 0.25) is 0 Å². The van der Waals surface area contributed by atoms with Gasteiger partial charge in [-0.25, -0.2) is 0 Å². The summed E-state index contributed by atoms with van der Waals surface area (Å²) in [7, 11) is 0. The number of ketones is 1. The minimum absolute atomic E-state index is 0.415. The molecule has 2 aliphatic carbocycles. The summed E-state index contributed by atoms with van der Waals surface area (Å²) in [6.45, 7) is 4.52. The van der Waals surface area contributed by atoms with E-state index in [0.29, 0.717) is 11.7 Å². The quantitative estimate of drug-likeness (QED) is 0.687. The van der Waals surface area contributed by atoms with E-state index < -0.39 is 0 Å². The molecule has 104 valence electrons. The topological polar surface area (TPSA) is 17.1 Å². The van der Waals surface area contributed by atoms with Crippen LogP contribution in [0.3, 0.4) is 0 Å². The molecule has 0 aliphatic heterocycles. The zero-order valence-corrected chi connectivity index (χ0v) is 12.3. The first-order valence-corrected chi connectivity index (χ1v) is 8.27. The first kappa shape index (κ1) is 14.1. The molecule has 0 saturated heterocycles. The van der Waals surface area contributed by atoms with Crippen molar-refractivity contribution in [1.82, 2.24) is 0 Å². The summed E-state index contributed by atoms with van der Waals surface area (Å²) in [4.78, 5) is 12.2. The van der Waals surface area contributed by atoms with Gasteiger partial charge in [-0.3, -0.25) is 4.79 Å². The van der Waals surface area contributed by atoms with E-state index in [9.17, 15) is 4.79 Å². The molecule has 0 aromatic heterocycles. The maximum absolute atomic E-state index is 12.2. The van der Waals surface area contributed by atoms with Crippen molar-refractivity contribution >= 4 is 5.78 Å². The molecule has 0 N–H and O–H groups in total. The van der Waals surface area contributed by atoms with Crippen LogP contribution in [0.5, 0.6) is 0 Å². The van der Waals surface area contributed by atoms with Gasteiger partial charge in [0.05, 0.1) is 0 Å². The predicted octanol–water partition coefficient (Wildman–Crippen LogP) is 4.99. The Balaban J connectivity index is 1.80. The van der Waals surface area contributed by atoms with Crippen molar-refractivity contribution in [2.75, 3.05) is 0 Å². The van der Waals surface area contributed by atoms with Gasteiger partial charge in [0.25, 0.3) is 0 Å². The van der Waals surface area contributed by atoms with E-state index in [0.717, 1.165) is 30.6 Å².